The molecule has 9 heteroatoms. The molecule has 0 saturated heterocycles. The molecule has 0 amide bonds. The smallest absolute Gasteiger partial charge is 0.344 e. The Bertz CT molecular complexity index is 860. The third-order valence-electron chi connectivity index (χ3n) is 3.70. The Morgan fingerprint density at radius 1 is 1.07 bits per heavy atom. The zero-order valence-electron chi connectivity index (χ0n) is 15.3. The molecule has 0 bridgehead atoms. The van der Waals surface area contributed by atoms with E-state index in [1.54, 1.807) is 25.1 Å². The van der Waals surface area contributed by atoms with Gasteiger partial charge in [0.15, 0.2) is 12.4 Å². The Balaban J connectivity index is 0.00000392. The van der Waals surface area contributed by atoms with Crippen molar-refractivity contribution < 1.29 is 23.8 Å². The van der Waals surface area contributed by atoms with Gasteiger partial charge in [-0.1, -0.05) is 23.2 Å². The zero-order chi connectivity index (χ0) is 20.0. The SMILES string of the molecule is Br.CCOC(=O)COc1ccc(C(=O)c2ccc(OC)c(CN)c2)c(Cl)c1Cl. The Morgan fingerprint density at radius 3 is 2.36 bits per heavy atom. The van der Waals surface area contributed by atoms with Gasteiger partial charge >= 0.3 is 5.97 Å². The highest BCUT2D eigenvalue weighted by Crippen LogP contribution is 2.36. The van der Waals surface area contributed by atoms with Gasteiger partial charge in [-0.25, -0.2) is 4.79 Å². The van der Waals surface area contributed by atoms with Crippen LogP contribution in [0.15, 0.2) is 30.3 Å². The maximum Gasteiger partial charge on any atom is 0.344 e. The van der Waals surface area contributed by atoms with Crippen LogP contribution in [0.25, 0.3) is 0 Å². The molecular weight excluding hydrogens is 473 g/mol. The lowest BCUT2D eigenvalue weighted by Gasteiger charge is -2.12. The first kappa shape index (κ1) is 24.2. The van der Waals surface area contributed by atoms with Gasteiger partial charge in [0, 0.05) is 23.2 Å². The van der Waals surface area contributed by atoms with E-state index in [1.165, 1.54) is 19.2 Å². The summed E-state index contributed by atoms with van der Waals surface area (Å²) in [5.41, 5.74) is 6.99. The second kappa shape index (κ2) is 11.3. The highest BCUT2D eigenvalue weighted by molar-refractivity contribution is 8.93. The highest BCUT2D eigenvalue weighted by atomic mass is 79.9. The van der Waals surface area contributed by atoms with Crippen LogP contribution in [0.3, 0.4) is 0 Å². The Morgan fingerprint density at radius 2 is 1.75 bits per heavy atom. The van der Waals surface area contributed by atoms with Crippen molar-refractivity contribution in [1.82, 2.24) is 0 Å². The molecule has 2 aromatic rings. The summed E-state index contributed by atoms with van der Waals surface area (Å²) in [7, 11) is 1.53. The van der Waals surface area contributed by atoms with Gasteiger partial charge in [0.25, 0.3) is 0 Å². The first-order valence-electron chi connectivity index (χ1n) is 8.11. The van der Waals surface area contributed by atoms with Crippen LogP contribution in [0.4, 0.5) is 0 Å². The van der Waals surface area contributed by atoms with Crippen molar-refractivity contribution in [2.75, 3.05) is 20.3 Å². The number of ketones is 1. The Kier molecular flexibility index (Phi) is 9.75. The summed E-state index contributed by atoms with van der Waals surface area (Å²) in [5, 5.41) is 0.0764. The topological polar surface area (TPSA) is 87.8 Å². The molecular formula is C19H20BrCl2NO5. The molecule has 0 spiro atoms. The summed E-state index contributed by atoms with van der Waals surface area (Å²) in [6.07, 6.45) is 0. The van der Waals surface area contributed by atoms with Gasteiger partial charge in [0.1, 0.15) is 16.5 Å². The largest absolute Gasteiger partial charge is 0.496 e. The van der Waals surface area contributed by atoms with Crippen LogP contribution in [0.2, 0.25) is 10.0 Å². The lowest BCUT2D eigenvalue weighted by atomic mass is 10.0. The summed E-state index contributed by atoms with van der Waals surface area (Å²) in [6, 6.07) is 7.91. The predicted molar refractivity (Wildman–Crippen MR) is 113 cm³/mol. The second-order valence-electron chi connectivity index (χ2n) is 5.39. The predicted octanol–water partition coefficient (Wildman–Crippen LogP) is 4.21. The average Bonchev–Trinajstić information content (AvgIpc) is 2.68. The van der Waals surface area contributed by atoms with Gasteiger partial charge in [0.2, 0.25) is 0 Å². The van der Waals surface area contributed by atoms with E-state index in [0.29, 0.717) is 16.9 Å². The fraction of sp³-hybridized carbons (Fsp3) is 0.263. The number of methoxy groups -OCH3 is 1. The molecule has 0 aromatic heterocycles. The molecule has 0 aliphatic heterocycles. The first-order valence-corrected chi connectivity index (χ1v) is 8.86. The van der Waals surface area contributed by atoms with Crippen LogP contribution in [0.5, 0.6) is 11.5 Å². The Labute approximate surface area is 183 Å². The van der Waals surface area contributed by atoms with Crippen molar-refractivity contribution in [2.45, 2.75) is 13.5 Å². The van der Waals surface area contributed by atoms with Gasteiger partial charge in [-0.15, -0.1) is 17.0 Å². The van der Waals surface area contributed by atoms with Crippen molar-refractivity contribution >= 4 is 51.9 Å². The fourth-order valence-electron chi connectivity index (χ4n) is 2.39. The van der Waals surface area contributed by atoms with Gasteiger partial charge in [-0.2, -0.15) is 0 Å². The Hall–Kier alpha value is -1.80. The average molecular weight is 493 g/mol. The number of hydrogen-bond acceptors (Lipinski definition) is 6. The third-order valence-corrected chi connectivity index (χ3v) is 4.57. The number of hydrogen-bond donors (Lipinski definition) is 1. The fourth-order valence-corrected chi connectivity index (χ4v) is 2.85. The van der Waals surface area contributed by atoms with Gasteiger partial charge in [-0.05, 0) is 37.3 Å². The number of ether oxygens (including phenoxy) is 3. The highest BCUT2D eigenvalue weighted by Gasteiger charge is 2.19. The number of halogens is 3. The summed E-state index contributed by atoms with van der Waals surface area (Å²) >= 11 is 12.4. The van der Waals surface area contributed by atoms with Crippen LogP contribution >= 0.6 is 40.2 Å². The molecule has 0 aliphatic carbocycles. The number of esters is 1. The van der Waals surface area contributed by atoms with Crippen molar-refractivity contribution in [2.24, 2.45) is 5.73 Å². The third kappa shape index (κ3) is 5.61. The maximum atomic E-state index is 12.8. The monoisotopic (exact) mass is 491 g/mol. The molecule has 0 aliphatic rings. The van der Waals surface area contributed by atoms with Crippen LogP contribution in [0.1, 0.15) is 28.4 Å². The van der Waals surface area contributed by atoms with E-state index in [1.807, 2.05) is 0 Å². The zero-order valence-corrected chi connectivity index (χ0v) is 18.5. The number of rotatable bonds is 8. The molecule has 28 heavy (non-hydrogen) atoms. The maximum absolute atomic E-state index is 12.8. The molecule has 152 valence electrons. The van der Waals surface area contributed by atoms with E-state index in [0.717, 1.165) is 0 Å². The van der Waals surface area contributed by atoms with E-state index < -0.39 is 5.97 Å². The number of nitrogens with two attached hydrogens (primary N) is 1. The van der Waals surface area contributed by atoms with E-state index in [4.69, 9.17) is 43.1 Å². The lowest BCUT2D eigenvalue weighted by Crippen LogP contribution is -2.15. The molecule has 0 fully saturated rings. The normalized spacial score (nSPS) is 10.0. The number of benzene rings is 2. The van der Waals surface area contributed by atoms with Gasteiger partial charge in [0.05, 0.1) is 18.7 Å². The molecule has 0 heterocycles. The summed E-state index contributed by atoms with van der Waals surface area (Å²) < 4.78 is 15.3. The van der Waals surface area contributed by atoms with E-state index in [2.05, 4.69) is 0 Å². The van der Waals surface area contributed by atoms with Crippen LogP contribution in [-0.2, 0) is 16.1 Å². The summed E-state index contributed by atoms with van der Waals surface area (Å²) in [5.74, 6) is -0.0712. The van der Waals surface area contributed by atoms with E-state index in [-0.39, 0.29) is 63.9 Å². The standard InChI is InChI=1S/C19H19Cl2NO5.BrH/c1-3-26-16(23)10-27-15-7-5-13(17(20)18(15)21)19(24)11-4-6-14(25-2)12(8-11)9-22;/h4-8H,3,9-10,22H2,1-2H3;1H. The number of carbonyl (C=O) groups is 2. The number of carbonyl (C=O) groups excluding carboxylic acids is 2. The van der Waals surface area contributed by atoms with Crippen molar-refractivity contribution in [3.8, 4) is 11.5 Å². The lowest BCUT2D eigenvalue weighted by molar-refractivity contribution is -0.145. The van der Waals surface area contributed by atoms with E-state index in [9.17, 15) is 9.59 Å². The summed E-state index contributed by atoms with van der Waals surface area (Å²) in [6.45, 7) is 1.85. The van der Waals surface area contributed by atoms with Crippen LogP contribution < -0.4 is 15.2 Å². The minimum absolute atomic E-state index is 0. The quantitative estimate of drug-likeness (QED) is 0.438. The molecule has 2 aromatic carbocycles. The minimum Gasteiger partial charge on any atom is -0.496 e. The summed E-state index contributed by atoms with van der Waals surface area (Å²) in [4.78, 5) is 24.2. The van der Waals surface area contributed by atoms with Gasteiger partial charge in [-0.3, -0.25) is 4.79 Å². The molecule has 0 atom stereocenters. The van der Waals surface area contributed by atoms with Crippen LogP contribution in [0, 0.1) is 0 Å². The molecule has 2 rings (SSSR count). The van der Waals surface area contributed by atoms with Crippen molar-refractivity contribution in [1.29, 1.82) is 0 Å². The molecule has 0 radical (unpaired) electrons. The van der Waals surface area contributed by atoms with Crippen molar-refractivity contribution in [3.63, 3.8) is 0 Å². The molecule has 0 unspecified atom stereocenters. The van der Waals surface area contributed by atoms with Crippen LogP contribution in [-0.4, -0.2) is 32.1 Å². The second-order valence-corrected chi connectivity index (χ2v) is 6.15. The van der Waals surface area contributed by atoms with Crippen molar-refractivity contribution in [3.05, 3.63) is 57.1 Å². The van der Waals surface area contributed by atoms with E-state index >= 15 is 0 Å². The van der Waals surface area contributed by atoms with Gasteiger partial charge < -0.3 is 19.9 Å². The molecule has 2 N–H and O–H groups in total. The molecule has 6 nitrogen and oxygen atoms in total. The minimum atomic E-state index is -0.530. The molecule has 0 saturated carbocycles. The first-order chi connectivity index (χ1) is 12.9.